The number of hydrogen-bond acceptors (Lipinski definition) is 7. The lowest BCUT2D eigenvalue weighted by Gasteiger charge is -2.06. The topological polar surface area (TPSA) is 80.3 Å². The van der Waals surface area contributed by atoms with Crippen LogP contribution in [-0.4, -0.2) is 42.3 Å². The summed E-state index contributed by atoms with van der Waals surface area (Å²) in [5.41, 5.74) is 0.174. The highest BCUT2D eigenvalue weighted by Crippen LogP contribution is 2.19. The molecule has 0 unspecified atom stereocenters. The van der Waals surface area contributed by atoms with Crippen LogP contribution in [-0.2, 0) is 9.53 Å². The van der Waals surface area contributed by atoms with Crippen LogP contribution >= 0.6 is 34.7 Å². The summed E-state index contributed by atoms with van der Waals surface area (Å²) in [5.74, 6) is -0.278. The number of nitrogens with zero attached hydrogens (tertiary/aromatic N) is 1. The average Bonchev–Trinajstić information content (AvgIpc) is 3.12. The van der Waals surface area contributed by atoms with Gasteiger partial charge in [0.25, 0.3) is 5.91 Å². The van der Waals surface area contributed by atoms with Crippen LogP contribution in [0, 0.1) is 0 Å². The van der Waals surface area contributed by atoms with Crippen LogP contribution in [0.2, 0.25) is 5.02 Å². The Morgan fingerprint density at radius 2 is 2.12 bits per heavy atom. The first-order valence-electron chi connectivity index (χ1n) is 7.71. The third-order valence-corrected chi connectivity index (χ3v) is 5.02. The lowest BCUT2D eigenvalue weighted by atomic mass is 10.4. The molecule has 1 aromatic carbocycles. The van der Waals surface area contributed by atoms with Crippen LogP contribution in [0.15, 0.2) is 47.2 Å². The molecule has 1 aromatic heterocycles. The van der Waals surface area contributed by atoms with Gasteiger partial charge in [-0.15, -0.1) is 29.7 Å². The van der Waals surface area contributed by atoms with Gasteiger partial charge in [-0.1, -0.05) is 17.7 Å². The van der Waals surface area contributed by atoms with Crippen molar-refractivity contribution in [2.75, 3.05) is 30.8 Å². The molecule has 0 bridgehead atoms. The zero-order valence-electron chi connectivity index (χ0n) is 13.9. The highest BCUT2D eigenvalue weighted by atomic mass is 35.5. The van der Waals surface area contributed by atoms with Gasteiger partial charge in [-0.2, -0.15) is 0 Å². The summed E-state index contributed by atoms with van der Waals surface area (Å²) in [6.45, 7) is 4.28. The maximum atomic E-state index is 11.9. The van der Waals surface area contributed by atoms with Crippen molar-refractivity contribution in [2.45, 2.75) is 4.90 Å². The number of halogens is 1. The molecule has 0 radical (unpaired) electrons. The lowest BCUT2D eigenvalue weighted by molar-refractivity contribution is -0.124. The Morgan fingerprint density at radius 3 is 2.85 bits per heavy atom. The first-order valence-corrected chi connectivity index (χ1v) is 9.95. The highest BCUT2D eigenvalue weighted by molar-refractivity contribution is 7.99. The van der Waals surface area contributed by atoms with E-state index in [0.29, 0.717) is 29.0 Å². The van der Waals surface area contributed by atoms with Crippen LogP contribution in [0.1, 0.15) is 10.5 Å². The molecule has 2 rings (SSSR count). The van der Waals surface area contributed by atoms with Gasteiger partial charge in [0.1, 0.15) is 0 Å². The Bertz CT molecular complexity index is 750. The molecule has 1 heterocycles. The molecule has 9 heteroatoms. The monoisotopic (exact) mass is 411 g/mol. The van der Waals surface area contributed by atoms with Crippen molar-refractivity contribution >= 4 is 51.7 Å². The summed E-state index contributed by atoms with van der Waals surface area (Å²) in [6.07, 6.45) is 1.69. The number of aromatic nitrogens is 1. The molecule has 0 saturated heterocycles. The largest absolute Gasteiger partial charge is 0.451 e. The normalized spacial score (nSPS) is 10.2. The van der Waals surface area contributed by atoms with Gasteiger partial charge >= 0.3 is 5.97 Å². The molecular formula is C17H18ClN3O3S2. The van der Waals surface area contributed by atoms with Crippen LogP contribution in [0.5, 0.6) is 0 Å². The van der Waals surface area contributed by atoms with E-state index in [9.17, 15) is 9.59 Å². The summed E-state index contributed by atoms with van der Waals surface area (Å²) in [7, 11) is 0. The molecule has 0 fully saturated rings. The van der Waals surface area contributed by atoms with Crippen LogP contribution in [0.25, 0.3) is 0 Å². The number of amides is 1. The minimum atomic E-state index is -0.626. The SMILES string of the molecule is C=CCNc1nc(C(=O)OCC(=O)NCCSc2ccc(Cl)cc2)cs1. The molecule has 6 nitrogen and oxygen atoms in total. The van der Waals surface area contributed by atoms with Crippen LogP contribution < -0.4 is 10.6 Å². The third kappa shape index (κ3) is 7.07. The van der Waals surface area contributed by atoms with Gasteiger partial charge < -0.3 is 15.4 Å². The second kappa shape index (κ2) is 10.8. The second-order valence-corrected chi connectivity index (χ2v) is 7.40. The minimum Gasteiger partial charge on any atom is -0.451 e. The number of thioether (sulfide) groups is 1. The van der Waals surface area contributed by atoms with Gasteiger partial charge in [0, 0.05) is 34.1 Å². The summed E-state index contributed by atoms with van der Waals surface area (Å²) in [5, 5.41) is 8.54. The predicted molar refractivity (Wildman–Crippen MR) is 106 cm³/mol. The summed E-state index contributed by atoms with van der Waals surface area (Å²) in [6, 6.07) is 7.47. The third-order valence-electron chi connectivity index (χ3n) is 2.95. The number of carbonyl (C=O) groups is 2. The quantitative estimate of drug-likeness (QED) is 0.270. The fourth-order valence-electron chi connectivity index (χ4n) is 1.75. The Kier molecular flexibility index (Phi) is 8.46. The number of nitrogens with one attached hydrogen (secondary N) is 2. The Morgan fingerprint density at radius 1 is 1.35 bits per heavy atom. The standard InChI is InChI=1S/C17H18ClN3O3S2/c1-2-7-20-17-21-14(11-26-17)16(23)24-10-15(22)19-8-9-25-13-5-3-12(18)4-6-13/h2-6,11H,1,7-10H2,(H,19,22)(H,20,21). The van der Waals surface area contributed by atoms with Crippen molar-refractivity contribution in [1.29, 1.82) is 0 Å². The van der Waals surface area contributed by atoms with E-state index in [-0.39, 0.29) is 18.2 Å². The molecule has 138 valence electrons. The van der Waals surface area contributed by atoms with Gasteiger partial charge in [-0.3, -0.25) is 4.79 Å². The molecule has 2 N–H and O–H groups in total. The second-order valence-electron chi connectivity index (χ2n) is 4.94. The number of rotatable bonds is 10. The van der Waals surface area contributed by atoms with Crippen molar-refractivity contribution in [3.8, 4) is 0 Å². The van der Waals surface area contributed by atoms with E-state index >= 15 is 0 Å². The fraction of sp³-hybridized carbons (Fsp3) is 0.235. The maximum Gasteiger partial charge on any atom is 0.358 e. The minimum absolute atomic E-state index is 0.174. The molecule has 0 aliphatic carbocycles. The number of esters is 1. The number of carbonyl (C=O) groups excluding carboxylic acids is 2. The molecule has 0 saturated carbocycles. The Labute approximate surface area is 165 Å². The first kappa shape index (κ1) is 20.3. The van der Waals surface area contributed by atoms with Crippen LogP contribution in [0.4, 0.5) is 5.13 Å². The molecule has 0 aliphatic heterocycles. The van der Waals surface area contributed by atoms with Crippen molar-refractivity contribution < 1.29 is 14.3 Å². The highest BCUT2D eigenvalue weighted by Gasteiger charge is 2.13. The van der Waals surface area contributed by atoms with Gasteiger partial charge in [-0.25, -0.2) is 9.78 Å². The lowest BCUT2D eigenvalue weighted by Crippen LogP contribution is -2.30. The van der Waals surface area contributed by atoms with Gasteiger partial charge in [-0.05, 0) is 24.3 Å². The van der Waals surface area contributed by atoms with Gasteiger partial charge in [0.2, 0.25) is 0 Å². The van der Waals surface area contributed by atoms with E-state index in [0.717, 1.165) is 4.90 Å². The van der Waals surface area contributed by atoms with E-state index in [4.69, 9.17) is 16.3 Å². The number of ether oxygens (including phenoxy) is 1. The van der Waals surface area contributed by atoms with Crippen molar-refractivity contribution in [2.24, 2.45) is 0 Å². The smallest absolute Gasteiger partial charge is 0.358 e. The number of anilines is 1. The summed E-state index contributed by atoms with van der Waals surface area (Å²) in [4.78, 5) is 28.7. The van der Waals surface area contributed by atoms with Crippen molar-refractivity contribution in [3.05, 3.63) is 53.0 Å². The summed E-state index contributed by atoms with van der Waals surface area (Å²) < 4.78 is 4.96. The molecule has 2 aromatic rings. The van der Waals surface area contributed by atoms with E-state index < -0.39 is 5.97 Å². The van der Waals surface area contributed by atoms with E-state index in [1.54, 1.807) is 23.2 Å². The molecule has 0 aliphatic rings. The van der Waals surface area contributed by atoms with E-state index in [1.165, 1.54) is 11.3 Å². The first-order chi connectivity index (χ1) is 12.6. The van der Waals surface area contributed by atoms with E-state index in [2.05, 4.69) is 22.2 Å². The zero-order valence-corrected chi connectivity index (χ0v) is 16.3. The fourth-order valence-corrected chi connectivity index (χ4v) is 3.34. The van der Waals surface area contributed by atoms with Gasteiger partial charge in [0.15, 0.2) is 17.4 Å². The van der Waals surface area contributed by atoms with Crippen molar-refractivity contribution in [3.63, 3.8) is 0 Å². The van der Waals surface area contributed by atoms with Crippen molar-refractivity contribution in [1.82, 2.24) is 10.3 Å². The molecule has 0 spiro atoms. The molecule has 0 atom stereocenters. The predicted octanol–water partition coefficient (Wildman–Crippen LogP) is 3.46. The Hall–Kier alpha value is -2.03. The number of hydrogen-bond donors (Lipinski definition) is 2. The average molecular weight is 412 g/mol. The zero-order chi connectivity index (χ0) is 18.8. The van der Waals surface area contributed by atoms with Gasteiger partial charge in [0.05, 0.1) is 0 Å². The summed E-state index contributed by atoms with van der Waals surface area (Å²) >= 11 is 8.71. The molecular weight excluding hydrogens is 394 g/mol. The number of thiazole rings is 1. The Balaban J connectivity index is 1.63. The van der Waals surface area contributed by atoms with E-state index in [1.807, 2.05) is 24.3 Å². The van der Waals surface area contributed by atoms with Crippen LogP contribution in [0.3, 0.4) is 0 Å². The molecule has 1 amide bonds. The molecule has 26 heavy (non-hydrogen) atoms. The maximum absolute atomic E-state index is 11.9. The number of benzene rings is 1.